The molecule has 3 nitrogen and oxygen atoms in total. The third-order valence-electron chi connectivity index (χ3n) is 4.04. The van der Waals surface area contributed by atoms with Crippen molar-refractivity contribution in [3.63, 3.8) is 0 Å². The summed E-state index contributed by atoms with van der Waals surface area (Å²) >= 11 is 0. The first-order valence-electron chi connectivity index (χ1n) is 6.82. The van der Waals surface area contributed by atoms with E-state index in [2.05, 4.69) is 18.2 Å². The van der Waals surface area contributed by atoms with Crippen LogP contribution in [-0.4, -0.2) is 17.4 Å². The van der Waals surface area contributed by atoms with Crippen LogP contribution in [0.25, 0.3) is 0 Å². The van der Waals surface area contributed by atoms with Crippen LogP contribution in [0.2, 0.25) is 0 Å². The van der Waals surface area contributed by atoms with Gasteiger partial charge in [0.05, 0.1) is 0 Å². The van der Waals surface area contributed by atoms with Crippen LogP contribution in [-0.2, 0) is 17.8 Å². The molecule has 96 valence electrons. The van der Waals surface area contributed by atoms with E-state index in [4.69, 9.17) is 5.73 Å². The fourth-order valence-corrected chi connectivity index (χ4v) is 2.81. The Morgan fingerprint density at radius 1 is 1.44 bits per heavy atom. The lowest BCUT2D eigenvalue weighted by Gasteiger charge is -2.31. The van der Waals surface area contributed by atoms with Crippen LogP contribution in [0.3, 0.4) is 0 Å². The van der Waals surface area contributed by atoms with Gasteiger partial charge in [-0.1, -0.05) is 18.2 Å². The van der Waals surface area contributed by atoms with Crippen molar-refractivity contribution in [2.75, 3.05) is 6.54 Å². The van der Waals surface area contributed by atoms with Crippen LogP contribution in [0.1, 0.15) is 42.5 Å². The zero-order valence-corrected chi connectivity index (χ0v) is 10.9. The van der Waals surface area contributed by atoms with E-state index >= 15 is 0 Å². The Kier molecular flexibility index (Phi) is 2.86. The number of nitrogens with two attached hydrogens (primary N) is 1. The number of nitrogens with zero attached hydrogens (tertiary/aromatic N) is 1. The van der Waals surface area contributed by atoms with E-state index in [1.807, 2.05) is 11.8 Å². The molecule has 0 saturated heterocycles. The van der Waals surface area contributed by atoms with Crippen LogP contribution < -0.4 is 5.73 Å². The number of carbonyl (C=O) groups excluding carboxylic acids is 1. The van der Waals surface area contributed by atoms with E-state index in [1.165, 1.54) is 16.7 Å². The molecule has 1 fully saturated rings. The first-order valence-corrected chi connectivity index (χ1v) is 6.82. The molecule has 0 bridgehead atoms. The average molecular weight is 244 g/mol. The molecule has 1 aromatic carbocycles. The highest BCUT2D eigenvalue weighted by atomic mass is 16.2. The van der Waals surface area contributed by atoms with Crippen molar-refractivity contribution in [2.45, 2.75) is 38.8 Å². The lowest BCUT2D eigenvalue weighted by Crippen LogP contribution is -2.37. The second-order valence-electron chi connectivity index (χ2n) is 5.56. The third-order valence-corrected chi connectivity index (χ3v) is 4.04. The minimum absolute atomic E-state index is 0.0379. The highest BCUT2D eigenvalue weighted by Crippen LogP contribution is 2.33. The van der Waals surface area contributed by atoms with Crippen molar-refractivity contribution < 1.29 is 4.79 Å². The highest BCUT2D eigenvalue weighted by Gasteiger charge is 2.35. The van der Waals surface area contributed by atoms with E-state index < -0.39 is 0 Å². The van der Waals surface area contributed by atoms with E-state index in [1.54, 1.807) is 0 Å². The standard InChI is InChI=1S/C15H20N2O/c1-10(16)13-4-2-3-11-7-8-17(9-14(11)13)15(18)12-5-6-12/h2-4,10,12H,5-9,16H2,1H3. The minimum Gasteiger partial charge on any atom is -0.338 e. The van der Waals surface area contributed by atoms with Crippen molar-refractivity contribution >= 4 is 5.91 Å². The van der Waals surface area contributed by atoms with Gasteiger partial charge in [0.15, 0.2) is 0 Å². The zero-order valence-electron chi connectivity index (χ0n) is 10.9. The van der Waals surface area contributed by atoms with Gasteiger partial charge in [-0.3, -0.25) is 4.79 Å². The van der Waals surface area contributed by atoms with Crippen LogP contribution in [0.15, 0.2) is 18.2 Å². The number of rotatable bonds is 2. The van der Waals surface area contributed by atoms with E-state index in [9.17, 15) is 4.79 Å². The van der Waals surface area contributed by atoms with Gasteiger partial charge >= 0.3 is 0 Å². The van der Waals surface area contributed by atoms with E-state index in [0.29, 0.717) is 11.8 Å². The molecule has 2 aliphatic rings. The number of amides is 1. The normalized spacial score (nSPS) is 20.4. The molecule has 0 spiro atoms. The Hall–Kier alpha value is -1.35. The van der Waals surface area contributed by atoms with Gasteiger partial charge in [0, 0.05) is 25.0 Å². The second kappa shape index (κ2) is 4.39. The minimum atomic E-state index is 0.0379. The summed E-state index contributed by atoms with van der Waals surface area (Å²) in [4.78, 5) is 14.2. The maximum atomic E-state index is 12.1. The molecule has 1 amide bonds. The molecule has 1 aliphatic carbocycles. The molecule has 3 heteroatoms. The van der Waals surface area contributed by atoms with Crippen molar-refractivity contribution in [2.24, 2.45) is 11.7 Å². The molecule has 2 N–H and O–H groups in total. The number of hydrogen-bond donors (Lipinski definition) is 1. The Morgan fingerprint density at radius 2 is 2.22 bits per heavy atom. The molecular weight excluding hydrogens is 224 g/mol. The lowest BCUT2D eigenvalue weighted by molar-refractivity contribution is -0.133. The van der Waals surface area contributed by atoms with Gasteiger partial charge in [0.25, 0.3) is 0 Å². The molecule has 0 radical (unpaired) electrons. The van der Waals surface area contributed by atoms with E-state index in [-0.39, 0.29) is 6.04 Å². The van der Waals surface area contributed by atoms with Crippen molar-refractivity contribution in [3.05, 3.63) is 34.9 Å². The lowest BCUT2D eigenvalue weighted by atomic mass is 9.92. The SMILES string of the molecule is CC(N)c1cccc2c1CN(C(=O)C1CC1)CC2. The highest BCUT2D eigenvalue weighted by molar-refractivity contribution is 5.81. The topological polar surface area (TPSA) is 46.3 Å². The summed E-state index contributed by atoms with van der Waals surface area (Å²) in [6.45, 7) is 3.63. The second-order valence-corrected chi connectivity index (χ2v) is 5.56. The molecule has 1 unspecified atom stereocenters. The summed E-state index contributed by atoms with van der Waals surface area (Å²) in [5.41, 5.74) is 9.87. The first kappa shape index (κ1) is 11.7. The Balaban J connectivity index is 1.88. The summed E-state index contributed by atoms with van der Waals surface area (Å²) in [6.07, 6.45) is 3.13. The fraction of sp³-hybridized carbons (Fsp3) is 0.533. The Labute approximate surface area is 108 Å². The van der Waals surface area contributed by atoms with Crippen LogP contribution in [0, 0.1) is 5.92 Å². The monoisotopic (exact) mass is 244 g/mol. The fourth-order valence-electron chi connectivity index (χ4n) is 2.81. The van der Waals surface area contributed by atoms with Gasteiger partial charge in [-0.25, -0.2) is 0 Å². The summed E-state index contributed by atoms with van der Waals surface area (Å²) in [6, 6.07) is 6.38. The molecule has 1 atom stereocenters. The maximum Gasteiger partial charge on any atom is 0.225 e. The average Bonchev–Trinajstić information content (AvgIpc) is 3.20. The van der Waals surface area contributed by atoms with Crippen molar-refractivity contribution in [1.29, 1.82) is 0 Å². The molecule has 1 heterocycles. The Bertz CT molecular complexity index is 477. The summed E-state index contributed by atoms with van der Waals surface area (Å²) in [5, 5.41) is 0. The summed E-state index contributed by atoms with van der Waals surface area (Å²) in [7, 11) is 0. The van der Waals surface area contributed by atoms with Gasteiger partial charge in [0.2, 0.25) is 5.91 Å². The van der Waals surface area contributed by atoms with Gasteiger partial charge in [-0.15, -0.1) is 0 Å². The smallest absolute Gasteiger partial charge is 0.225 e. The van der Waals surface area contributed by atoms with Crippen LogP contribution in [0.4, 0.5) is 0 Å². The van der Waals surface area contributed by atoms with Gasteiger partial charge < -0.3 is 10.6 Å². The molecule has 3 rings (SSSR count). The van der Waals surface area contributed by atoms with Crippen LogP contribution in [0.5, 0.6) is 0 Å². The molecule has 0 aromatic heterocycles. The number of carbonyl (C=O) groups is 1. The summed E-state index contributed by atoms with van der Waals surface area (Å²) < 4.78 is 0. The molecule has 18 heavy (non-hydrogen) atoms. The quantitative estimate of drug-likeness (QED) is 0.865. The first-order chi connectivity index (χ1) is 8.66. The van der Waals surface area contributed by atoms with Gasteiger partial charge in [0.1, 0.15) is 0 Å². The largest absolute Gasteiger partial charge is 0.338 e. The number of fused-ring (bicyclic) bond motifs is 1. The molecule has 1 saturated carbocycles. The molecule has 1 aliphatic heterocycles. The molecular formula is C15H20N2O. The van der Waals surface area contributed by atoms with Crippen molar-refractivity contribution in [3.8, 4) is 0 Å². The number of benzene rings is 1. The predicted molar refractivity (Wildman–Crippen MR) is 70.9 cm³/mol. The van der Waals surface area contributed by atoms with Gasteiger partial charge in [-0.05, 0) is 42.9 Å². The molecule has 1 aromatic rings. The maximum absolute atomic E-state index is 12.1. The third kappa shape index (κ3) is 2.03. The number of hydrogen-bond acceptors (Lipinski definition) is 2. The predicted octanol–water partition coefficient (Wildman–Crippen LogP) is 2.00. The van der Waals surface area contributed by atoms with E-state index in [0.717, 1.165) is 32.4 Å². The summed E-state index contributed by atoms with van der Waals surface area (Å²) in [5.74, 6) is 0.661. The van der Waals surface area contributed by atoms with Crippen LogP contribution >= 0.6 is 0 Å². The van der Waals surface area contributed by atoms with Crippen molar-refractivity contribution in [1.82, 2.24) is 4.90 Å². The Morgan fingerprint density at radius 3 is 2.89 bits per heavy atom. The van der Waals surface area contributed by atoms with Gasteiger partial charge in [-0.2, -0.15) is 0 Å². The zero-order chi connectivity index (χ0) is 12.7.